The molecule has 1 fully saturated rings. The van der Waals surface area contributed by atoms with Crippen LogP contribution in [0, 0.1) is 0 Å². The first-order valence-corrected chi connectivity index (χ1v) is 6.78. The summed E-state index contributed by atoms with van der Waals surface area (Å²) >= 11 is 1.96. The van der Waals surface area contributed by atoms with Crippen LogP contribution in [0.25, 0.3) is 0 Å². The zero-order chi connectivity index (χ0) is 11.8. The molecule has 0 saturated carbocycles. The minimum absolute atomic E-state index is 0.106. The van der Waals surface area contributed by atoms with Gasteiger partial charge in [-0.25, -0.2) is 0 Å². The maximum absolute atomic E-state index is 11.8. The molecule has 0 aromatic heterocycles. The molecule has 0 spiro atoms. The van der Waals surface area contributed by atoms with E-state index in [0.717, 1.165) is 25.3 Å². The lowest BCUT2D eigenvalue weighted by molar-refractivity contribution is -0.136. The van der Waals surface area contributed by atoms with Gasteiger partial charge in [-0.05, 0) is 6.42 Å². The van der Waals surface area contributed by atoms with E-state index < -0.39 is 0 Å². The molecule has 0 aromatic rings. The van der Waals surface area contributed by atoms with Crippen LogP contribution < -0.4 is 0 Å². The molecule has 16 heavy (non-hydrogen) atoms. The average Bonchev–Trinajstić information content (AvgIpc) is 2.34. The summed E-state index contributed by atoms with van der Waals surface area (Å²) in [6.07, 6.45) is 1.12. The van der Waals surface area contributed by atoms with E-state index in [4.69, 9.17) is 9.47 Å². The van der Waals surface area contributed by atoms with Gasteiger partial charge in [-0.15, -0.1) is 0 Å². The molecule has 1 saturated heterocycles. The first-order valence-electron chi connectivity index (χ1n) is 5.74. The normalized spacial score (nSPS) is 21.1. The molecular weight excluding hydrogens is 226 g/mol. The number of thioether (sulfide) groups is 1. The molecule has 94 valence electrons. The van der Waals surface area contributed by atoms with E-state index >= 15 is 0 Å². The smallest absolute Gasteiger partial charge is 0.248 e. The van der Waals surface area contributed by atoms with Gasteiger partial charge in [-0.1, -0.05) is 6.92 Å². The van der Waals surface area contributed by atoms with Crippen molar-refractivity contribution in [3.8, 4) is 0 Å². The second-order valence-corrected chi connectivity index (χ2v) is 5.19. The molecule has 1 rings (SSSR count). The van der Waals surface area contributed by atoms with Crippen LogP contribution in [0.15, 0.2) is 0 Å². The maximum Gasteiger partial charge on any atom is 0.248 e. The largest absolute Gasteiger partial charge is 0.382 e. The van der Waals surface area contributed by atoms with Crippen LogP contribution in [0.4, 0.5) is 0 Å². The first kappa shape index (κ1) is 13.8. The molecule has 4 nitrogen and oxygen atoms in total. The van der Waals surface area contributed by atoms with E-state index in [1.165, 1.54) is 0 Å². The van der Waals surface area contributed by atoms with Gasteiger partial charge in [0, 0.05) is 31.2 Å². The fourth-order valence-corrected chi connectivity index (χ4v) is 2.77. The molecule has 5 heteroatoms. The number of nitrogens with zero attached hydrogens (tertiary/aromatic N) is 1. The van der Waals surface area contributed by atoms with Gasteiger partial charge in [0.25, 0.3) is 0 Å². The SMILES string of the molecule is CCC1CN(C(=O)COCCOC)CCS1. The number of rotatable bonds is 6. The van der Waals surface area contributed by atoms with Crippen LogP contribution in [-0.2, 0) is 14.3 Å². The lowest BCUT2D eigenvalue weighted by Crippen LogP contribution is -2.43. The molecule has 1 atom stereocenters. The Morgan fingerprint density at radius 1 is 1.50 bits per heavy atom. The zero-order valence-electron chi connectivity index (χ0n) is 10.1. The lowest BCUT2D eigenvalue weighted by Gasteiger charge is -2.31. The number of ether oxygens (including phenoxy) is 2. The highest BCUT2D eigenvalue weighted by Crippen LogP contribution is 2.20. The zero-order valence-corrected chi connectivity index (χ0v) is 10.9. The van der Waals surface area contributed by atoms with Crippen LogP contribution in [0.5, 0.6) is 0 Å². The Bertz CT molecular complexity index is 213. The van der Waals surface area contributed by atoms with Crippen molar-refractivity contribution in [2.75, 3.05) is 45.8 Å². The highest BCUT2D eigenvalue weighted by atomic mass is 32.2. The molecule has 0 aliphatic carbocycles. The van der Waals surface area contributed by atoms with Gasteiger partial charge in [0.05, 0.1) is 13.2 Å². The van der Waals surface area contributed by atoms with Crippen molar-refractivity contribution in [3.05, 3.63) is 0 Å². The van der Waals surface area contributed by atoms with E-state index in [1.807, 2.05) is 16.7 Å². The van der Waals surface area contributed by atoms with Gasteiger partial charge in [-0.3, -0.25) is 4.79 Å². The predicted molar refractivity (Wildman–Crippen MR) is 65.8 cm³/mol. The number of carbonyl (C=O) groups is 1. The van der Waals surface area contributed by atoms with Gasteiger partial charge >= 0.3 is 0 Å². The summed E-state index contributed by atoms with van der Waals surface area (Å²) in [5.74, 6) is 1.15. The summed E-state index contributed by atoms with van der Waals surface area (Å²) < 4.78 is 10.1. The third-order valence-electron chi connectivity index (χ3n) is 2.60. The van der Waals surface area contributed by atoms with Gasteiger partial charge in [0.1, 0.15) is 6.61 Å². The van der Waals surface area contributed by atoms with Crippen molar-refractivity contribution in [1.29, 1.82) is 0 Å². The van der Waals surface area contributed by atoms with Crippen molar-refractivity contribution < 1.29 is 14.3 Å². The molecule has 0 radical (unpaired) electrons. The molecule has 0 N–H and O–H groups in total. The Balaban J connectivity index is 2.19. The molecule has 1 aliphatic heterocycles. The van der Waals surface area contributed by atoms with Gasteiger partial charge in [-0.2, -0.15) is 11.8 Å². The Morgan fingerprint density at radius 3 is 3.00 bits per heavy atom. The Morgan fingerprint density at radius 2 is 2.31 bits per heavy atom. The topological polar surface area (TPSA) is 38.8 Å². The van der Waals surface area contributed by atoms with Crippen LogP contribution in [0.1, 0.15) is 13.3 Å². The lowest BCUT2D eigenvalue weighted by atomic mass is 10.3. The number of carbonyl (C=O) groups excluding carboxylic acids is 1. The van der Waals surface area contributed by atoms with Crippen molar-refractivity contribution in [3.63, 3.8) is 0 Å². The minimum atomic E-state index is 0.106. The molecule has 0 bridgehead atoms. The summed E-state index contributed by atoms with van der Waals surface area (Å²) in [7, 11) is 1.62. The Labute approximate surface area is 102 Å². The van der Waals surface area contributed by atoms with E-state index in [1.54, 1.807) is 7.11 Å². The predicted octanol–water partition coefficient (Wildman–Crippen LogP) is 1.00. The van der Waals surface area contributed by atoms with Crippen molar-refractivity contribution in [1.82, 2.24) is 4.90 Å². The van der Waals surface area contributed by atoms with Crippen molar-refractivity contribution in [2.24, 2.45) is 0 Å². The van der Waals surface area contributed by atoms with E-state index in [-0.39, 0.29) is 12.5 Å². The highest BCUT2D eigenvalue weighted by Gasteiger charge is 2.22. The number of hydrogen-bond donors (Lipinski definition) is 0. The van der Waals surface area contributed by atoms with Gasteiger partial charge in [0.2, 0.25) is 5.91 Å². The minimum Gasteiger partial charge on any atom is -0.382 e. The van der Waals surface area contributed by atoms with E-state index in [2.05, 4.69) is 6.92 Å². The number of methoxy groups -OCH3 is 1. The third-order valence-corrected chi connectivity index (χ3v) is 3.98. The third kappa shape index (κ3) is 4.72. The summed E-state index contributed by atoms with van der Waals surface area (Å²) in [5, 5.41) is 0.594. The van der Waals surface area contributed by atoms with Crippen LogP contribution in [0.2, 0.25) is 0 Å². The molecule has 1 unspecified atom stereocenters. The standard InChI is InChI=1S/C11H21NO3S/c1-3-10-8-12(4-7-16-10)11(13)9-15-6-5-14-2/h10H,3-9H2,1-2H3. The van der Waals surface area contributed by atoms with Crippen molar-refractivity contribution in [2.45, 2.75) is 18.6 Å². The van der Waals surface area contributed by atoms with E-state index in [9.17, 15) is 4.79 Å². The average molecular weight is 247 g/mol. The van der Waals surface area contributed by atoms with Crippen LogP contribution in [-0.4, -0.2) is 61.8 Å². The second-order valence-electron chi connectivity index (χ2n) is 3.79. The molecule has 1 amide bonds. The fraction of sp³-hybridized carbons (Fsp3) is 0.909. The van der Waals surface area contributed by atoms with E-state index in [0.29, 0.717) is 18.5 Å². The second kappa shape index (κ2) is 7.92. The van der Waals surface area contributed by atoms with Crippen LogP contribution >= 0.6 is 11.8 Å². The molecule has 1 heterocycles. The highest BCUT2D eigenvalue weighted by molar-refractivity contribution is 8.00. The Hall–Kier alpha value is -0.260. The first-order chi connectivity index (χ1) is 7.77. The quantitative estimate of drug-likeness (QED) is 0.657. The molecule has 0 aromatic carbocycles. The van der Waals surface area contributed by atoms with Crippen molar-refractivity contribution >= 4 is 17.7 Å². The van der Waals surface area contributed by atoms with Crippen LogP contribution in [0.3, 0.4) is 0 Å². The number of amides is 1. The Kier molecular flexibility index (Phi) is 6.84. The monoisotopic (exact) mass is 247 g/mol. The summed E-state index contributed by atoms with van der Waals surface area (Å²) in [6.45, 7) is 5.11. The summed E-state index contributed by atoms with van der Waals surface area (Å²) in [4.78, 5) is 13.7. The van der Waals surface area contributed by atoms with Gasteiger partial charge < -0.3 is 14.4 Å². The molecule has 1 aliphatic rings. The summed E-state index contributed by atoms with van der Waals surface area (Å²) in [6, 6.07) is 0. The van der Waals surface area contributed by atoms with Gasteiger partial charge in [0.15, 0.2) is 0 Å². The number of hydrogen-bond acceptors (Lipinski definition) is 4. The summed E-state index contributed by atoms with van der Waals surface area (Å²) in [5.41, 5.74) is 0. The maximum atomic E-state index is 11.8. The fourth-order valence-electron chi connectivity index (χ4n) is 1.59. The molecular formula is C11H21NO3S.